The quantitative estimate of drug-likeness (QED) is 0.425. The molecule has 0 bridgehead atoms. The second kappa shape index (κ2) is 12.1. The third-order valence-corrected chi connectivity index (χ3v) is 6.74. The van der Waals surface area contributed by atoms with E-state index in [-0.39, 0.29) is 24.0 Å². The molecule has 1 N–H and O–H groups in total. The zero-order chi connectivity index (χ0) is 23.8. The highest BCUT2D eigenvalue weighted by Gasteiger charge is 2.34. The summed E-state index contributed by atoms with van der Waals surface area (Å²) < 4.78 is 10.3. The number of rotatable bonds is 10. The van der Waals surface area contributed by atoms with Crippen molar-refractivity contribution in [2.45, 2.75) is 37.9 Å². The van der Waals surface area contributed by atoms with Crippen molar-refractivity contribution in [2.75, 3.05) is 46.5 Å². The van der Waals surface area contributed by atoms with Crippen LogP contribution in [0.25, 0.3) is 0 Å². The highest BCUT2D eigenvalue weighted by molar-refractivity contribution is 5.89. The van der Waals surface area contributed by atoms with E-state index in [2.05, 4.69) is 26.2 Å². The molecule has 8 heteroatoms. The number of nitrogens with zero attached hydrogens (tertiary/aromatic N) is 3. The molecule has 2 saturated heterocycles. The monoisotopic (exact) mass is 466 g/mol. The van der Waals surface area contributed by atoms with Crippen LogP contribution in [-0.2, 0) is 20.8 Å². The summed E-state index contributed by atoms with van der Waals surface area (Å²) in [6.45, 7) is 5.39. The molecule has 2 atom stereocenters. The summed E-state index contributed by atoms with van der Waals surface area (Å²) in [6.07, 6.45) is 6.13. The molecule has 1 amide bonds. The molecule has 4 rings (SSSR count). The van der Waals surface area contributed by atoms with Crippen molar-refractivity contribution in [1.82, 2.24) is 20.1 Å². The Morgan fingerprint density at radius 1 is 1.24 bits per heavy atom. The van der Waals surface area contributed by atoms with Crippen LogP contribution in [0.5, 0.6) is 0 Å². The number of methoxy groups -OCH3 is 1. The predicted octanol–water partition coefficient (Wildman–Crippen LogP) is 2.41. The van der Waals surface area contributed by atoms with E-state index in [0.29, 0.717) is 25.1 Å². The van der Waals surface area contributed by atoms with Gasteiger partial charge in [-0.05, 0) is 48.7 Å². The fourth-order valence-electron chi connectivity index (χ4n) is 4.80. The van der Waals surface area contributed by atoms with Crippen molar-refractivity contribution >= 4 is 11.9 Å². The summed E-state index contributed by atoms with van der Waals surface area (Å²) in [5.41, 5.74) is 2.81. The molecule has 0 saturated carbocycles. The molecule has 0 aliphatic carbocycles. The minimum atomic E-state index is -0.327. The molecule has 0 spiro atoms. The lowest BCUT2D eigenvalue weighted by Crippen LogP contribution is -2.46. The van der Waals surface area contributed by atoms with Crippen molar-refractivity contribution in [1.29, 1.82) is 0 Å². The van der Waals surface area contributed by atoms with E-state index in [1.54, 1.807) is 18.3 Å². The molecule has 182 valence electrons. The number of morpholine rings is 1. The average molecular weight is 467 g/mol. The molecule has 2 fully saturated rings. The Bertz CT molecular complexity index is 932. The van der Waals surface area contributed by atoms with Gasteiger partial charge in [-0.15, -0.1) is 0 Å². The van der Waals surface area contributed by atoms with Crippen molar-refractivity contribution in [3.05, 3.63) is 65.5 Å². The molecule has 0 unspecified atom stereocenters. The maximum absolute atomic E-state index is 12.8. The van der Waals surface area contributed by atoms with Gasteiger partial charge in [0.25, 0.3) is 0 Å². The zero-order valence-electron chi connectivity index (χ0n) is 19.8. The summed E-state index contributed by atoms with van der Waals surface area (Å²) >= 11 is 0. The van der Waals surface area contributed by atoms with Crippen molar-refractivity contribution < 1.29 is 19.1 Å². The Kier molecular flexibility index (Phi) is 8.62. The minimum absolute atomic E-state index is 0.128. The first-order chi connectivity index (χ1) is 16.7. The number of benzene rings is 1. The lowest BCUT2D eigenvalue weighted by atomic mass is 10.0. The molecule has 2 aliphatic rings. The van der Waals surface area contributed by atoms with Gasteiger partial charge in [-0.3, -0.25) is 14.7 Å². The SMILES string of the molecule is COC(=O)c1ccc(CNCC[C@@H]2CCC(=O)N2C[C@H](c2cccnc2)N2CCOCC2)cc1. The molecule has 8 nitrogen and oxygen atoms in total. The molecular weight excluding hydrogens is 432 g/mol. The molecule has 0 radical (unpaired) electrons. The summed E-state index contributed by atoms with van der Waals surface area (Å²) in [7, 11) is 1.38. The van der Waals surface area contributed by atoms with E-state index in [0.717, 1.165) is 56.8 Å². The van der Waals surface area contributed by atoms with E-state index in [1.165, 1.54) is 7.11 Å². The number of hydrogen-bond acceptors (Lipinski definition) is 7. The fraction of sp³-hybridized carbons (Fsp3) is 0.500. The third-order valence-electron chi connectivity index (χ3n) is 6.74. The number of ether oxygens (including phenoxy) is 2. The van der Waals surface area contributed by atoms with Crippen molar-refractivity contribution in [3.63, 3.8) is 0 Å². The van der Waals surface area contributed by atoms with Crippen LogP contribution in [0.1, 0.15) is 46.8 Å². The van der Waals surface area contributed by atoms with Crippen LogP contribution in [0.3, 0.4) is 0 Å². The average Bonchev–Trinajstić information content (AvgIpc) is 3.24. The summed E-state index contributed by atoms with van der Waals surface area (Å²) in [4.78, 5) is 33.2. The number of hydrogen-bond donors (Lipinski definition) is 1. The maximum atomic E-state index is 12.8. The Balaban J connectivity index is 1.32. The highest BCUT2D eigenvalue weighted by atomic mass is 16.5. The smallest absolute Gasteiger partial charge is 0.337 e. The summed E-state index contributed by atoms with van der Waals surface area (Å²) in [6, 6.07) is 11.9. The molecule has 1 aromatic heterocycles. The number of aromatic nitrogens is 1. The van der Waals surface area contributed by atoms with Gasteiger partial charge < -0.3 is 19.7 Å². The van der Waals surface area contributed by atoms with E-state index in [4.69, 9.17) is 9.47 Å². The number of likely N-dealkylation sites (tertiary alicyclic amines) is 1. The van der Waals surface area contributed by atoms with Gasteiger partial charge in [-0.25, -0.2) is 4.79 Å². The van der Waals surface area contributed by atoms with Gasteiger partial charge in [0.15, 0.2) is 0 Å². The Labute approximate surface area is 201 Å². The van der Waals surface area contributed by atoms with Gasteiger partial charge in [0.05, 0.1) is 31.9 Å². The van der Waals surface area contributed by atoms with Crippen molar-refractivity contribution in [3.8, 4) is 0 Å². The lowest BCUT2D eigenvalue weighted by molar-refractivity contribution is -0.130. The lowest BCUT2D eigenvalue weighted by Gasteiger charge is -2.38. The largest absolute Gasteiger partial charge is 0.465 e. The van der Waals surface area contributed by atoms with E-state index >= 15 is 0 Å². The van der Waals surface area contributed by atoms with E-state index in [9.17, 15) is 9.59 Å². The standard InChI is InChI=1S/C26H34N4O4/c1-33-26(32)21-6-4-20(5-7-21)17-28-12-10-23-8-9-25(31)30(23)19-24(22-3-2-11-27-18-22)29-13-15-34-16-14-29/h2-7,11,18,23-24,28H,8-10,12-17,19H2,1H3/t23-,24+/m0/s1. The number of carbonyl (C=O) groups is 2. The van der Waals surface area contributed by atoms with Gasteiger partial charge in [-0.2, -0.15) is 0 Å². The first-order valence-corrected chi connectivity index (χ1v) is 12.0. The van der Waals surface area contributed by atoms with Crippen LogP contribution in [-0.4, -0.2) is 79.2 Å². The first kappa shape index (κ1) is 24.3. The fourth-order valence-corrected chi connectivity index (χ4v) is 4.80. The molecule has 2 aromatic rings. The number of carbonyl (C=O) groups excluding carboxylic acids is 2. The van der Waals surface area contributed by atoms with Crippen LogP contribution >= 0.6 is 0 Å². The summed E-state index contributed by atoms with van der Waals surface area (Å²) in [5, 5.41) is 3.48. The van der Waals surface area contributed by atoms with Crippen LogP contribution in [0.2, 0.25) is 0 Å². The molecule has 1 aromatic carbocycles. The molecular formula is C26H34N4O4. The van der Waals surface area contributed by atoms with Gasteiger partial charge in [0, 0.05) is 51.0 Å². The third kappa shape index (κ3) is 6.20. The number of nitrogens with one attached hydrogen (secondary N) is 1. The van der Waals surface area contributed by atoms with E-state index in [1.807, 2.05) is 24.4 Å². The molecule has 2 aliphatic heterocycles. The second-order valence-electron chi connectivity index (χ2n) is 8.84. The highest BCUT2D eigenvalue weighted by Crippen LogP contribution is 2.28. The van der Waals surface area contributed by atoms with Crippen LogP contribution in [0.15, 0.2) is 48.8 Å². The number of pyridine rings is 1. The first-order valence-electron chi connectivity index (χ1n) is 12.0. The van der Waals surface area contributed by atoms with Gasteiger partial charge in [-0.1, -0.05) is 18.2 Å². The van der Waals surface area contributed by atoms with Gasteiger partial charge >= 0.3 is 5.97 Å². The minimum Gasteiger partial charge on any atom is -0.465 e. The Hall–Kier alpha value is -2.81. The maximum Gasteiger partial charge on any atom is 0.337 e. The normalized spacial score (nSPS) is 19.9. The predicted molar refractivity (Wildman–Crippen MR) is 128 cm³/mol. The molecule has 3 heterocycles. The second-order valence-corrected chi connectivity index (χ2v) is 8.84. The number of amides is 1. The zero-order valence-corrected chi connectivity index (χ0v) is 19.8. The van der Waals surface area contributed by atoms with Crippen LogP contribution in [0, 0.1) is 0 Å². The topological polar surface area (TPSA) is 84.0 Å². The summed E-state index contributed by atoms with van der Waals surface area (Å²) in [5.74, 6) is -0.0854. The van der Waals surface area contributed by atoms with Gasteiger partial charge in [0.1, 0.15) is 0 Å². The van der Waals surface area contributed by atoms with Gasteiger partial charge in [0.2, 0.25) is 5.91 Å². The Morgan fingerprint density at radius 3 is 2.74 bits per heavy atom. The Morgan fingerprint density at radius 2 is 2.03 bits per heavy atom. The van der Waals surface area contributed by atoms with E-state index < -0.39 is 0 Å². The molecule has 34 heavy (non-hydrogen) atoms. The van der Waals surface area contributed by atoms with Crippen LogP contribution in [0.4, 0.5) is 0 Å². The van der Waals surface area contributed by atoms with Crippen molar-refractivity contribution in [2.24, 2.45) is 0 Å². The number of esters is 1. The van der Waals surface area contributed by atoms with Crippen LogP contribution < -0.4 is 5.32 Å².